The molecular formula is C9H9N3OS. The highest BCUT2D eigenvalue weighted by molar-refractivity contribution is 7.98. The molecule has 0 aliphatic heterocycles. The molecule has 0 bridgehead atoms. The zero-order valence-electron chi connectivity index (χ0n) is 7.38. The van der Waals surface area contributed by atoms with E-state index in [1.807, 2.05) is 24.3 Å². The minimum Gasteiger partial charge on any atom is -0.399 e. The van der Waals surface area contributed by atoms with Gasteiger partial charge in [0.05, 0.1) is 5.75 Å². The number of hydrogen-bond donors (Lipinski definition) is 1. The Morgan fingerprint density at radius 3 is 2.71 bits per heavy atom. The standard InChI is InChI=1S/C9H9N3OS/c10-7-1-3-8(4-2-7)14-5-9-11-6-13-12-9/h1-4,6H,5,10H2. The Morgan fingerprint density at radius 1 is 1.29 bits per heavy atom. The zero-order chi connectivity index (χ0) is 9.80. The van der Waals surface area contributed by atoms with Crippen LogP contribution in [0.1, 0.15) is 5.82 Å². The van der Waals surface area contributed by atoms with Crippen molar-refractivity contribution in [3.63, 3.8) is 0 Å². The van der Waals surface area contributed by atoms with Crippen LogP contribution in [0.5, 0.6) is 0 Å². The van der Waals surface area contributed by atoms with Crippen molar-refractivity contribution in [3.8, 4) is 0 Å². The quantitative estimate of drug-likeness (QED) is 0.615. The summed E-state index contributed by atoms with van der Waals surface area (Å²) in [7, 11) is 0. The fraction of sp³-hybridized carbons (Fsp3) is 0.111. The van der Waals surface area contributed by atoms with Crippen LogP contribution in [-0.4, -0.2) is 10.1 Å². The number of hydrogen-bond acceptors (Lipinski definition) is 5. The van der Waals surface area contributed by atoms with E-state index in [9.17, 15) is 0 Å². The van der Waals surface area contributed by atoms with Gasteiger partial charge < -0.3 is 10.3 Å². The van der Waals surface area contributed by atoms with E-state index >= 15 is 0 Å². The maximum Gasteiger partial charge on any atom is 0.213 e. The van der Waals surface area contributed by atoms with Gasteiger partial charge in [0.1, 0.15) is 0 Å². The monoisotopic (exact) mass is 207 g/mol. The Labute approximate surface area is 85.5 Å². The minimum atomic E-state index is 0.701. The maximum atomic E-state index is 5.57. The molecule has 1 heterocycles. The molecule has 0 atom stereocenters. The summed E-state index contributed by atoms with van der Waals surface area (Å²) in [5.41, 5.74) is 6.34. The zero-order valence-corrected chi connectivity index (χ0v) is 8.20. The average molecular weight is 207 g/mol. The second-order valence-electron chi connectivity index (χ2n) is 2.71. The van der Waals surface area contributed by atoms with Crippen molar-refractivity contribution in [2.45, 2.75) is 10.6 Å². The van der Waals surface area contributed by atoms with E-state index in [1.54, 1.807) is 11.8 Å². The lowest BCUT2D eigenvalue weighted by Gasteiger charge is -1.98. The molecule has 0 saturated carbocycles. The summed E-state index contributed by atoms with van der Waals surface area (Å²) in [4.78, 5) is 5.07. The van der Waals surface area contributed by atoms with Crippen molar-refractivity contribution >= 4 is 17.4 Å². The van der Waals surface area contributed by atoms with Crippen LogP contribution < -0.4 is 5.73 Å². The third kappa shape index (κ3) is 2.26. The van der Waals surface area contributed by atoms with Crippen LogP contribution in [0, 0.1) is 0 Å². The molecule has 2 aromatic rings. The van der Waals surface area contributed by atoms with E-state index in [4.69, 9.17) is 5.73 Å². The molecule has 72 valence electrons. The van der Waals surface area contributed by atoms with Gasteiger partial charge in [-0.2, -0.15) is 4.98 Å². The van der Waals surface area contributed by atoms with Gasteiger partial charge in [-0.1, -0.05) is 5.16 Å². The van der Waals surface area contributed by atoms with Gasteiger partial charge >= 0.3 is 0 Å². The molecular weight excluding hydrogens is 198 g/mol. The van der Waals surface area contributed by atoms with E-state index in [-0.39, 0.29) is 0 Å². The predicted octanol–water partition coefficient (Wildman–Crippen LogP) is 1.94. The second kappa shape index (κ2) is 4.15. The summed E-state index contributed by atoms with van der Waals surface area (Å²) >= 11 is 1.65. The first-order valence-corrected chi connectivity index (χ1v) is 5.07. The average Bonchev–Trinajstić information content (AvgIpc) is 2.70. The highest BCUT2D eigenvalue weighted by Crippen LogP contribution is 2.21. The molecule has 0 spiro atoms. The smallest absolute Gasteiger partial charge is 0.213 e. The highest BCUT2D eigenvalue weighted by Gasteiger charge is 1.99. The normalized spacial score (nSPS) is 10.3. The summed E-state index contributed by atoms with van der Waals surface area (Å²) < 4.78 is 4.63. The molecule has 0 radical (unpaired) electrons. The molecule has 0 saturated heterocycles. The van der Waals surface area contributed by atoms with Gasteiger partial charge in [-0.3, -0.25) is 0 Å². The number of nitrogen functional groups attached to an aromatic ring is 1. The van der Waals surface area contributed by atoms with E-state index in [2.05, 4.69) is 14.7 Å². The molecule has 0 unspecified atom stereocenters. The highest BCUT2D eigenvalue weighted by atomic mass is 32.2. The van der Waals surface area contributed by atoms with Crippen LogP contribution in [0.15, 0.2) is 40.1 Å². The molecule has 2 N–H and O–H groups in total. The van der Waals surface area contributed by atoms with Crippen molar-refractivity contribution in [1.82, 2.24) is 10.1 Å². The van der Waals surface area contributed by atoms with Crippen LogP contribution >= 0.6 is 11.8 Å². The predicted molar refractivity (Wildman–Crippen MR) is 54.7 cm³/mol. The molecule has 0 amide bonds. The number of rotatable bonds is 3. The molecule has 4 nitrogen and oxygen atoms in total. The Bertz CT molecular complexity index is 385. The Morgan fingerprint density at radius 2 is 2.07 bits per heavy atom. The number of thioether (sulfide) groups is 1. The van der Waals surface area contributed by atoms with Gasteiger partial charge in [0.2, 0.25) is 6.39 Å². The third-order valence-electron chi connectivity index (χ3n) is 1.65. The van der Waals surface area contributed by atoms with Gasteiger partial charge in [-0.25, -0.2) is 0 Å². The molecule has 14 heavy (non-hydrogen) atoms. The molecule has 0 aliphatic carbocycles. The first-order chi connectivity index (χ1) is 6.84. The van der Waals surface area contributed by atoms with E-state index in [1.165, 1.54) is 6.39 Å². The minimum absolute atomic E-state index is 0.701. The van der Waals surface area contributed by atoms with E-state index in [0.717, 1.165) is 10.6 Å². The van der Waals surface area contributed by atoms with Crippen molar-refractivity contribution < 1.29 is 4.52 Å². The number of benzene rings is 1. The molecule has 2 rings (SSSR count). The van der Waals surface area contributed by atoms with Gasteiger partial charge in [-0.15, -0.1) is 11.8 Å². The van der Waals surface area contributed by atoms with E-state index in [0.29, 0.717) is 11.6 Å². The first kappa shape index (κ1) is 9.08. The van der Waals surface area contributed by atoms with Crippen molar-refractivity contribution in [3.05, 3.63) is 36.5 Å². The number of nitrogens with two attached hydrogens (primary N) is 1. The summed E-state index contributed by atoms with van der Waals surface area (Å²) in [6.07, 6.45) is 1.33. The van der Waals surface area contributed by atoms with Gasteiger partial charge in [-0.05, 0) is 24.3 Å². The summed E-state index contributed by atoms with van der Waals surface area (Å²) in [5, 5.41) is 3.72. The van der Waals surface area contributed by atoms with Gasteiger partial charge in [0, 0.05) is 10.6 Å². The fourth-order valence-electron chi connectivity index (χ4n) is 0.968. The van der Waals surface area contributed by atoms with Crippen LogP contribution in [0.3, 0.4) is 0 Å². The Kier molecular flexibility index (Phi) is 2.69. The molecule has 0 fully saturated rings. The number of anilines is 1. The fourth-order valence-corrected chi connectivity index (χ4v) is 1.72. The summed E-state index contributed by atoms with van der Waals surface area (Å²) in [5.74, 6) is 1.41. The van der Waals surface area contributed by atoms with Crippen LogP contribution in [0.25, 0.3) is 0 Å². The van der Waals surface area contributed by atoms with Crippen LogP contribution in [0.4, 0.5) is 5.69 Å². The third-order valence-corrected chi connectivity index (χ3v) is 2.66. The van der Waals surface area contributed by atoms with Crippen LogP contribution in [-0.2, 0) is 5.75 Å². The van der Waals surface area contributed by atoms with E-state index < -0.39 is 0 Å². The number of nitrogens with zero attached hydrogens (tertiary/aromatic N) is 2. The summed E-state index contributed by atoms with van der Waals surface area (Å²) in [6.45, 7) is 0. The van der Waals surface area contributed by atoms with Crippen molar-refractivity contribution in [1.29, 1.82) is 0 Å². The lowest BCUT2D eigenvalue weighted by Crippen LogP contribution is -1.85. The molecule has 1 aromatic carbocycles. The Balaban J connectivity index is 1.95. The SMILES string of the molecule is Nc1ccc(SCc2ncon2)cc1. The lowest BCUT2D eigenvalue weighted by molar-refractivity contribution is 0.412. The topological polar surface area (TPSA) is 64.9 Å². The maximum absolute atomic E-state index is 5.57. The molecule has 1 aromatic heterocycles. The van der Waals surface area contributed by atoms with Gasteiger partial charge in [0.15, 0.2) is 5.82 Å². The first-order valence-electron chi connectivity index (χ1n) is 4.08. The summed E-state index contributed by atoms with van der Waals surface area (Å²) in [6, 6.07) is 7.69. The molecule has 5 heteroatoms. The van der Waals surface area contributed by atoms with Crippen molar-refractivity contribution in [2.75, 3.05) is 5.73 Å². The van der Waals surface area contributed by atoms with Crippen LogP contribution in [0.2, 0.25) is 0 Å². The Hall–Kier alpha value is -1.49. The second-order valence-corrected chi connectivity index (χ2v) is 3.75. The van der Waals surface area contributed by atoms with Crippen molar-refractivity contribution in [2.24, 2.45) is 0 Å². The largest absolute Gasteiger partial charge is 0.399 e. The molecule has 0 aliphatic rings. The van der Waals surface area contributed by atoms with Gasteiger partial charge in [0.25, 0.3) is 0 Å². The lowest BCUT2D eigenvalue weighted by atomic mass is 10.3. The number of aromatic nitrogens is 2.